The third-order valence-electron chi connectivity index (χ3n) is 7.03. The van der Waals surface area contributed by atoms with Crippen LogP contribution < -0.4 is 9.80 Å². The van der Waals surface area contributed by atoms with Crippen LogP contribution in [-0.4, -0.2) is 29.7 Å². The standard InChI is InChI=1S/C28H22N2O3/c1-17-11-14-20(15-12-17)29-27(32)23-22-16-13-18-7-5-6-10-21(18)30(22)25(24(23)28(29)33)26(31)19-8-3-2-4-9-19/h2-16,22-25H,1H3/t22-,23+,24+,25-/m0/s1. The molecule has 3 aliphatic rings. The quantitative estimate of drug-likeness (QED) is 0.456. The van der Waals surface area contributed by atoms with E-state index in [9.17, 15) is 14.4 Å². The lowest BCUT2D eigenvalue weighted by molar-refractivity contribution is -0.122. The number of rotatable bonds is 3. The fourth-order valence-electron chi connectivity index (χ4n) is 5.54. The summed E-state index contributed by atoms with van der Waals surface area (Å²) in [5.74, 6) is -2.03. The maximum absolute atomic E-state index is 13.8. The van der Waals surface area contributed by atoms with Crippen molar-refractivity contribution in [3.8, 4) is 0 Å². The zero-order valence-electron chi connectivity index (χ0n) is 18.1. The molecule has 6 rings (SSSR count). The van der Waals surface area contributed by atoms with Gasteiger partial charge in [0.1, 0.15) is 6.04 Å². The number of hydrogen-bond donors (Lipinski definition) is 0. The molecule has 2 saturated heterocycles. The molecule has 0 spiro atoms. The number of ketones is 1. The molecule has 3 aromatic rings. The zero-order chi connectivity index (χ0) is 22.7. The van der Waals surface area contributed by atoms with E-state index in [-0.39, 0.29) is 23.6 Å². The molecule has 0 saturated carbocycles. The van der Waals surface area contributed by atoms with Gasteiger partial charge in [0.05, 0.1) is 23.6 Å². The van der Waals surface area contributed by atoms with E-state index in [1.54, 1.807) is 24.3 Å². The fourth-order valence-corrected chi connectivity index (χ4v) is 5.54. The Balaban J connectivity index is 1.50. The molecule has 0 unspecified atom stereocenters. The summed E-state index contributed by atoms with van der Waals surface area (Å²) in [5, 5.41) is 0. The second-order valence-electron chi connectivity index (χ2n) is 8.89. The van der Waals surface area contributed by atoms with E-state index >= 15 is 0 Å². The van der Waals surface area contributed by atoms with Crippen LogP contribution in [0.5, 0.6) is 0 Å². The van der Waals surface area contributed by atoms with Crippen LogP contribution in [0.1, 0.15) is 21.5 Å². The maximum Gasteiger partial charge on any atom is 0.240 e. The van der Waals surface area contributed by atoms with Crippen molar-refractivity contribution in [2.75, 3.05) is 9.80 Å². The van der Waals surface area contributed by atoms with E-state index in [1.807, 2.05) is 78.6 Å². The van der Waals surface area contributed by atoms with Gasteiger partial charge in [0.2, 0.25) is 11.8 Å². The second kappa shape index (κ2) is 7.27. The Bertz CT molecular complexity index is 1310. The SMILES string of the molecule is Cc1ccc(N2C(=O)[C@@H]3[C@H](C2=O)[C@@H]2C=Cc4ccccc4N2[C@@H]3C(=O)c2ccccc2)cc1. The van der Waals surface area contributed by atoms with Gasteiger partial charge in [-0.2, -0.15) is 0 Å². The predicted octanol–water partition coefficient (Wildman–Crippen LogP) is 4.27. The number of anilines is 2. The highest BCUT2D eigenvalue weighted by molar-refractivity contribution is 6.25. The van der Waals surface area contributed by atoms with Crippen LogP contribution in [0.15, 0.2) is 84.9 Å². The Morgan fingerprint density at radius 1 is 0.788 bits per heavy atom. The third kappa shape index (κ3) is 2.82. The monoisotopic (exact) mass is 434 g/mol. The van der Waals surface area contributed by atoms with E-state index < -0.39 is 17.9 Å². The van der Waals surface area contributed by atoms with Crippen molar-refractivity contribution in [2.24, 2.45) is 11.8 Å². The molecule has 162 valence electrons. The summed E-state index contributed by atoms with van der Waals surface area (Å²) >= 11 is 0. The molecule has 5 heteroatoms. The van der Waals surface area contributed by atoms with Crippen LogP contribution in [0.2, 0.25) is 0 Å². The van der Waals surface area contributed by atoms with Crippen molar-refractivity contribution in [3.63, 3.8) is 0 Å². The molecule has 3 aliphatic heterocycles. The number of para-hydroxylation sites is 1. The van der Waals surface area contributed by atoms with Crippen LogP contribution in [0.25, 0.3) is 6.08 Å². The molecular weight excluding hydrogens is 412 g/mol. The molecule has 3 aromatic carbocycles. The van der Waals surface area contributed by atoms with Gasteiger partial charge in [-0.1, -0.05) is 78.4 Å². The van der Waals surface area contributed by atoms with Crippen LogP contribution in [0.4, 0.5) is 11.4 Å². The summed E-state index contributed by atoms with van der Waals surface area (Å²) in [6, 6.07) is 23.1. The van der Waals surface area contributed by atoms with E-state index in [0.29, 0.717) is 11.3 Å². The largest absolute Gasteiger partial charge is 0.352 e. The Labute approximate surface area is 191 Å². The normalized spacial score (nSPS) is 25.1. The van der Waals surface area contributed by atoms with Gasteiger partial charge in [0.25, 0.3) is 0 Å². The smallest absolute Gasteiger partial charge is 0.240 e. The Kier molecular flexibility index (Phi) is 4.34. The van der Waals surface area contributed by atoms with Gasteiger partial charge >= 0.3 is 0 Å². The predicted molar refractivity (Wildman–Crippen MR) is 127 cm³/mol. The number of imide groups is 1. The van der Waals surface area contributed by atoms with Crippen molar-refractivity contribution in [3.05, 3.63) is 102 Å². The molecule has 5 nitrogen and oxygen atoms in total. The van der Waals surface area contributed by atoms with Gasteiger partial charge < -0.3 is 4.90 Å². The van der Waals surface area contributed by atoms with Crippen molar-refractivity contribution < 1.29 is 14.4 Å². The van der Waals surface area contributed by atoms with Crippen molar-refractivity contribution in [1.29, 1.82) is 0 Å². The van der Waals surface area contributed by atoms with Gasteiger partial charge in [-0.3, -0.25) is 14.4 Å². The van der Waals surface area contributed by atoms with Crippen molar-refractivity contribution in [1.82, 2.24) is 0 Å². The second-order valence-corrected chi connectivity index (χ2v) is 8.89. The van der Waals surface area contributed by atoms with Gasteiger partial charge in [0, 0.05) is 11.3 Å². The molecule has 33 heavy (non-hydrogen) atoms. The average Bonchev–Trinajstić information content (AvgIpc) is 3.33. The molecule has 2 amide bonds. The molecule has 2 fully saturated rings. The molecule has 4 atom stereocenters. The lowest BCUT2D eigenvalue weighted by atomic mass is 9.86. The minimum atomic E-state index is -0.750. The number of carbonyl (C=O) groups is 3. The molecule has 0 aromatic heterocycles. The van der Waals surface area contributed by atoms with Gasteiger partial charge in [-0.25, -0.2) is 4.90 Å². The minimum absolute atomic E-state index is 0.134. The summed E-state index contributed by atoms with van der Waals surface area (Å²) in [6.07, 6.45) is 3.97. The number of nitrogens with zero attached hydrogens (tertiary/aromatic N) is 2. The van der Waals surface area contributed by atoms with Crippen molar-refractivity contribution in [2.45, 2.75) is 19.0 Å². The fraction of sp³-hybridized carbons (Fsp3) is 0.179. The van der Waals surface area contributed by atoms with E-state index in [0.717, 1.165) is 16.8 Å². The average molecular weight is 434 g/mol. The number of carbonyl (C=O) groups excluding carboxylic acids is 3. The van der Waals surface area contributed by atoms with Crippen LogP contribution >= 0.6 is 0 Å². The number of hydrogen-bond acceptors (Lipinski definition) is 4. The Morgan fingerprint density at radius 2 is 1.45 bits per heavy atom. The summed E-state index contributed by atoms with van der Waals surface area (Å²) in [5.41, 5.74) is 4.02. The van der Waals surface area contributed by atoms with Crippen molar-refractivity contribution >= 4 is 35.0 Å². The Morgan fingerprint density at radius 3 is 2.21 bits per heavy atom. The van der Waals surface area contributed by atoms with E-state index in [1.165, 1.54) is 4.90 Å². The maximum atomic E-state index is 13.8. The molecule has 3 heterocycles. The summed E-state index contributed by atoms with van der Waals surface area (Å²) in [7, 11) is 0. The first-order valence-electron chi connectivity index (χ1n) is 11.2. The van der Waals surface area contributed by atoms with Gasteiger partial charge in [0.15, 0.2) is 5.78 Å². The number of fused-ring (bicyclic) bond motifs is 5. The highest BCUT2D eigenvalue weighted by Crippen LogP contribution is 2.49. The van der Waals surface area contributed by atoms with E-state index in [4.69, 9.17) is 0 Å². The summed E-state index contributed by atoms with van der Waals surface area (Å²) in [4.78, 5) is 44.6. The molecule has 0 aliphatic carbocycles. The van der Waals surface area contributed by atoms with Crippen LogP contribution in [-0.2, 0) is 9.59 Å². The molecule has 0 radical (unpaired) electrons. The summed E-state index contributed by atoms with van der Waals surface area (Å²) in [6.45, 7) is 1.96. The number of Topliss-reactive ketones (excluding diaryl/α,β-unsaturated/α-hetero) is 1. The lowest BCUT2D eigenvalue weighted by Gasteiger charge is -2.36. The van der Waals surface area contributed by atoms with Gasteiger partial charge in [-0.05, 0) is 30.7 Å². The number of aryl methyl sites for hydroxylation is 1. The first kappa shape index (κ1) is 19.7. The first-order valence-corrected chi connectivity index (χ1v) is 11.2. The third-order valence-corrected chi connectivity index (χ3v) is 7.03. The van der Waals surface area contributed by atoms with E-state index in [2.05, 4.69) is 0 Å². The lowest BCUT2D eigenvalue weighted by Crippen LogP contribution is -2.48. The number of benzene rings is 3. The first-order chi connectivity index (χ1) is 16.1. The Hall–Kier alpha value is -3.99. The van der Waals surface area contributed by atoms with Crippen LogP contribution in [0.3, 0.4) is 0 Å². The highest BCUT2D eigenvalue weighted by atomic mass is 16.2. The topological polar surface area (TPSA) is 57.7 Å². The summed E-state index contributed by atoms with van der Waals surface area (Å²) < 4.78 is 0. The minimum Gasteiger partial charge on any atom is -0.352 e. The van der Waals surface area contributed by atoms with Crippen LogP contribution in [0, 0.1) is 18.8 Å². The highest BCUT2D eigenvalue weighted by Gasteiger charge is 2.64. The molecular formula is C28H22N2O3. The molecule has 0 bridgehead atoms. The number of amides is 2. The van der Waals surface area contributed by atoms with Gasteiger partial charge in [-0.15, -0.1) is 0 Å². The zero-order valence-corrected chi connectivity index (χ0v) is 18.1. The molecule has 0 N–H and O–H groups in total.